The fourth-order valence-electron chi connectivity index (χ4n) is 2.57. The van der Waals surface area contributed by atoms with E-state index in [9.17, 15) is 24.3 Å². The van der Waals surface area contributed by atoms with E-state index in [1.807, 2.05) is 0 Å². The van der Waals surface area contributed by atoms with Crippen molar-refractivity contribution < 1.29 is 29.0 Å². The zero-order chi connectivity index (χ0) is 19.2. The summed E-state index contributed by atoms with van der Waals surface area (Å²) in [4.78, 5) is 47.5. The molecular weight excluding hydrogens is 342 g/mol. The van der Waals surface area contributed by atoms with Crippen molar-refractivity contribution in [3.63, 3.8) is 0 Å². The van der Waals surface area contributed by atoms with Crippen molar-refractivity contribution in [2.24, 2.45) is 5.92 Å². The highest BCUT2D eigenvalue weighted by Crippen LogP contribution is 2.43. The van der Waals surface area contributed by atoms with Crippen LogP contribution in [0.15, 0.2) is 30.3 Å². The number of carbonyl (C=O) groups excluding carboxylic acids is 4. The maximum Gasteiger partial charge on any atom is 0.325 e. The molecule has 1 aromatic carbocycles. The molecule has 26 heavy (non-hydrogen) atoms. The van der Waals surface area contributed by atoms with Crippen LogP contribution in [-0.4, -0.2) is 61.1 Å². The molecule has 1 saturated carbocycles. The third-order valence-electron chi connectivity index (χ3n) is 4.16. The molecule has 9 heteroatoms. The second-order valence-electron chi connectivity index (χ2n) is 5.91. The molecule has 0 bridgehead atoms. The first-order valence-corrected chi connectivity index (χ1v) is 8.03. The van der Waals surface area contributed by atoms with Gasteiger partial charge >= 0.3 is 5.97 Å². The number of nitrogens with one attached hydrogen (secondary N) is 3. The monoisotopic (exact) mass is 363 g/mol. The summed E-state index contributed by atoms with van der Waals surface area (Å²) in [5.41, 5.74) is -0.873. The van der Waals surface area contributed by atoms with Gasteiger partial charge in [0.1, 0.15) is 12.1 Å². The van der Waals surface area contributed by atoms with Gasteiger partial charge in [-0.1, -0.05) is 18.2 Å². The Kier molecular flexibility index (Phi) is 6.29. The number of rotatable bonds is 8. The van der Waals surface area contributed by atoms with Crippen LogP contribution in [0.25, 0.3) is 0 Å². The number of ether oxygens (including phenoxy) is 1. The number of esters is 1. The Bertz CT molecular complexity index is 693. The first-order chi connectivity index (χ1) is 12.4. The van der Waals surface area contributed by atoms with Crippen LogP contribution in [0, 0.1) is 5.92 Å². The van der Waals surface area contributed by atoms with E-state index in [0.717, 1.165) is 0 Å². The highest BCUT2D eigenvalue weighted by Gasteiger charge is 2.60. The van der Waals surface area contributed by atoms with Gasteiger partial charge in [-0.25, -0.2) is 0 Å². The minimum absolute atomic E-state index is 0.245. The van der Waals surface area contributed by atoms with Gasteiger partial charge in [0.15, 0.2) is 0 Å². The lowest BCUT2D eigenvalue weighted by atomic mass is 10.1. The molecule has 1 fully saturated rings. The fraction of sp³-hybridized carbons (Fsp3) is 0.412. The molecule has 0 spiro atoms. The number of methoxy groups -OCH3 is 1. The van der Waals surface area contributed by atoms with Gasteiger partial charge in [0, 0.05) is 18.1 Å². The van der Waals surface area contributed by atoms with Crippen LogP contribution in [0.4, 0.5) is 0 Å². The number of hydrogen-bond acceptors (Lipinski definition) is 6. The average Bonchev–Trinajstić information content (AvgIpc) is 3.38. The van der Waals surface area contributed by atoms with Crippen molar-refractivity contribution in [3.8, 4) is 0 Å². The number of amides is 3. The van der Waals surface area contributed by atoms with Crippen LogP contribution >= 0.6 is 0 Å². The summed E-state index contributed by atoms with van der Waals surface area (Å²) < 4.78 is 4.44. The molecule has 1 aliphatic rings. The third kappa shape index (κ3) is 4.57. The summed E-state index contributed by atoms with van der Waals surface area (Å²) in [5.74, 6) is -2.65. The molecule has 0 radical (unpaired) electrons. The van der Waals surface area contributed by atoms with Crippen molar-refractivity contribution in [1.29, 1.82) is 0 Å². The number of carbonyl (C=O) groups is 4. The van der Waals surface area contributed by atoms with E-state index < -0.39 is 35.1 Å². The second kappa shape index (κ2) is 8.43. The lowest BCUT2D eigenvalue weighted by Gasteiger charge is -2.19. The van der Waals surface area contributed by atoms with Crippen molar-refractivity contribution >= 4 is 23.7 Å². The van der Waals surface area contributed by atoms with Crippen LogP contribution < -0.4 is 16.0 Å². The number of aliphatic hydroxyl groups is 1. The first kappa shape index (κ1) is 19.4. The predicted octanol–water partition coefficient (Wildman–Crippen LogP) is -1.43. The van der Waals surface area contributed by atoms with Gasteiger partial charge in [-0.2, -0.15) is 0 Å². The Balaban J connectivity index is 1.89. The molecular formula is C17H21N3O6. The highest BCUT2D eigenvalue weighted by atomic mass is 16.5. The fourth-order valence-corrected chi connectivity index (χ4v) is 2.57. The van der Waals surface area contributed by atoms with Crippen molar-refractivity contribution in [2.45, 2.75) is 12.0 Å². The molecule has 2 rings (SSSR count). The highest BCUT2D eigenvalue weighted by molar-refractivity contribution is 5.99. The Hall–Kier alpha value is -2.94. The molecule has 0 aliphatic heterocycles. The molecule has 1 aromatic rings. The lowest BCUT2D eigenvalue weighted by Crippen LogP contribution is -2.53. The van der Waals surface area contributed by atoms with Crippen LogP contribution in [0.2, 0.25) is 0 Å². The summed E-state index contributed by atoms with van der Waals surface area (Å²) >= 11 is 0. The van der Waals surface area contributed by atoms with Crippen LogP contribution in [0.5, 0.6) is 0 Å². The molecule has 0 unspecified atom stereocenters. The van der Waals surface area contributed by atoms with Gasteiger partial charge in [-0.3, -0.25) is 19.2 Å². The normalized spacial score (nSPS) is 20.6. The Morgan fingerprint density at radius 3 is 2.42 bits per heavy atom. The van der Waals surface area contributed by atoms with E-state index in [0.29, 0.717) is 5.56 Å². The summed E-state index contributed by atoms with van der Waals surface area (Å²) in [6, 6.07) is 8.38. The van der Waals surface area contributed by atoms with Gasteiger partial charge in [0.2, 0.25) is 11.8 Å². The van der Waals surface area contributed by atoms with Crippen molar-refractivity contribution in [3.05, 3.63) is 35.9 Å². The van der Waals surface area contributed by atoms with Gasteiger partial charge in [0.25, 0.3) is 5.91 Å². The van der Waals surface area contributed by atoms with E-state index in [1.165, 1.54) is 7.11 Å². The SMILES string of the molecule is COC(=O)CNC(=O)[C@]1(NC(=O)CNC(=O)c2ccccc2)C[C@H]1CO. The molecule has 9 nitrogen and oxygen atoms in total. The number of hydrogen-bond donors (Lipinski definition) is 4. The Labute approximate surface area is 150 Å². The van der Waals surface area contributed by atoms with Crippen LogP contribution in [0.3, 0.4) is 0 Å². The first-order valence-electron chi connectivity index (χ1n) is 8.03. The predicted molar refractivity (Wildman–Crippen MR) is 89.9 cm³/mol. The molecule has 3 amide bonds. The van der Waals surface area contributed by atoms with Gasteiger partial charge < -0.3 is 25.8 Å². The number of benzene rings is 1. The van der Waals surface area contributed by atoms with Gasteiger partial charge in [-0.15, -0.1) is 0 Å². The maximum atomic E-state index is 12.3. The maximum absolute atomic E-state index is 12.3. The quantitative estimate of drug-likeness (QED) is 0.419. The average molecular weight is 363 g/mol. The van der Waals surface area contributed by atoms with Crippen LogP contribution in [0.1, 0.15) is 16.8 Å². The second-order valence-corrected chi connectivity index (χ2v) is 5.91. The Morgan fingerprint density at radius 2 is 1.85 bits per heavy atom. The van der Waals surface area contributed by atoms with E-state index in [1.54, 1.807) is 30.3 Å². The van der Waals surface area contributed by atoms with E-state index >= 15 is 0 Å². The van der Waals surface area contributed by atoms with E-state index in [4.69, 9.17) is 0 Å². The molecule has 2 atom stereocenters. The van der Waals surface area contributed by atoms with Gasteiger partial charge in [0.05, 0.1) is 13.7 Å². The zero-order valence-corrected chi connectivity index (χ0v) is 14.3. The topological polar surface area (TPSA) is 134 Å². The molecule has 0 heterocycles. The summed E-state index contributed by atoms with van der Waals surface area (Å²) in [6.07, 6.45) is 0.245. The molecule has 0 aromatic heterocycles. The van der Waals surface area contributed by atoms with Crippen LogP contribution in [-0.2, 0) is 19.1 Å². The minimum atomic E-state index is -1.28. The third-order valence-corrected chi connectivity index (χ3v) is 4.16. The van der Waals surface area contributed by atoms with E-state index in [-0.39, 0.29) is 26.1 Å². The Morgan fingerprint density at radius 1 is 1.15 bits per heavy atom. The zero-order valence-electron chi connectivity index (χ0n) is 14.3. The number of aliphatic hydroxyl groups excluding tert-OH is 1. The molecule has 4 N–H and O–H groups in total. The summed E-state index contributed by atoms with van der Waals surface area (Å²) in [5, 5.41) is 16.7. The smallest absolute Gasteiger partial charge is 0.325 e. The minimum Gasteiger partial charge on any atom is -0.468 e. The van der Waals surface area contributed by atoms with E-state index in [2.05, 4.69) is 20.7 Å². The molecule has 0 saturated heterocycles. The summed E-state index contributed by atoms with van der Waals surface area (Å²) in [7, 11) is 1.19. The van der Waals surface area contributed by atoms with Crippen molar-refractivity contribution in [1.82, 2.24) is 16.0 Å². The van der Waals surface area contributed by atoms with Crippen molar-refractivity contribution in [2.75, 3.05) is 26.8 Å². The lowest BCUT2D eigenvalue weighted by molar-refractivity contribution is -0.141. The molecule has 1 aliphatic carbocycles. The standard InChI is InChI=1S/C17H21N3O6/c1-26-14(23)9-19-16(25)17(7-12(17)10-21)20-13(22)8-18-15(24)11-5-3-2-4-6-11/h2-6,12,21H,7-10H2,1H3,(H,18,24)(H,19,25)(H,20,22)/t12-,17-/m0/s1. The van der Waals surface area contributed by atoms with Gasteiger partial charge in [-0.05, 0) is 18.6 Å². The largest absolute Gasteiger partial charge is 0.468 e. The summed E-state index contributed by atoms with van der Waals surface area (Å²) in [6.45, 7) is -0.948. The molecule has 140 valence electrons.